The third-order valence-corrected chi connectivity index (χ3v) is 5.95. The predicted octanol–water partition coefficient (Wildman–Crippen LogP) is 4.52. The van der Waals surface area contributed by atoms with E-state index in [1.165, 1.54) is 11.8 Å². The van der Waals surface area contributed by atoms with Crippen LogP contribution in [-0.4, -0.2) is 33.1 Å². The minimum absolute atomic E-state index is 0.0331. The lowest BCUT2D eigenvalue weighted by molar-refractivity contribution is 0.126. The summed E-state index contributed by atoms with van der Waals surface area (Å²) >= 11 is 1.39. The number of benzene rings is 2. The van der Waals surface area contributed by atoms with E-state index < -0.39 is 6.10 Å². The van der Waals surface area contributed by atoms with Crippen LogP contribution in [0.1, 0.15) is 37.4 Å². The third-order valence-electron chi connectivity index (χ3n) is 4.85. The van der Waals surface area contributed by atoms with Crippen molar-refractivity contribution < 1.29 is 9.84 Å². The number of ether oxygens (including phenoxy) is 1. The minimum Gasteiger partial charge on any atom is -0.491 e. The molecule has 0 radical (unpaired) electrons. The van der Waals surface area contributed by atoms with Crippen LogP contribution in [0.15, 0.2) is 52.4 Å². The largest absolute Gasteiger partial charge is 0.491 e. The van der Waals surface area contributed by atoms with Crippen molar-refractivity contribution in [3.63, 3.8) is 0 Å². The number of thioether (sulfide) groups is 1. The van der Waals surface area contributed by atoms with Crippen LogP contribution in [0.25, 0.3) is 10.9 Å². The highest BCUT2D eigenvalue weighted by Gasteiger charge is 2.17. The van der Waals surface area contributed by atoms with Crippen molar-refractivity contribution in [1.82, 2.24) is 9.55 Å². The maximum Gasteiger partial charge on any atom is 0.262 e. The third kappa shape index (κ3) is 5.19. The number of hydrogen-bond acceptors (Lipinski definition) is 5. The average Bonchev–Trinajstić information content (AvgIpc) is 2.69. The van der Waals surface area contributed by atoms with E-state index in [0.29, 0.717) is 21.8 Å². The summed E-state index contributed by atoms with van der Waals surface area (Å²) in [6.45, 7) is 8.29. The zero-order valence-corrected chi connectivity index (χ0v) is 18.2. The molecule has 2 atom stereocenters. The number of aliphatic hydroxyl groups excluding tert-OH is 1. The van der Waals surface area contributed by atoms with Crippen LogP contribution < -0.4 is 10.3 Å². The van der Waals surface area contributed by atoms with Crippen molar-refractivity contribution in [2.24, 2.45) is 0 Å². The highest BCUT2D eigenvalue weighted by atomic mass is 32.2. The van der Waals surface area contributed by atoms with Crippen molar-refractivity contribution in [2.45, 2.75) is 51.4 Å². The predicted molar refractivity (Wildman–Crippen MR) is 119 cm³/mol. The Morgan fingerprint density at radius 1 is 1.17 bits per heavy atom. The molecular weight excluding hydrogens is 384 g/mol. The number of aromatic nitrogens is 2. The van der Waals surface area contributed by atoms with Gasteiger partial charge in [-0.05, 0) is 62.6 Å². The summed E-state index contributed by atoms with van der Waals surface area (Å²) in [4.78, 5) is 17.7. The first kappa shape index (κ1) is 21.4. The number of aryl methyl sites for hydroxylation is 2. The van der Waals surface area contributed by atoms with E-state index in [2.05, 4.69) is 6.07 Å². The van der Waals surface area contributed by atoms with Gasteiger partial charge in [-0.2, -0.15) is 0 Å². The molecule has 1 aromatic heterocycles. The van der Waals surface area contributed by atoms with Gasteiger partial charge in [-0.15, -0.1) is 0 Å². The molecule has 29 heavy (non-hydrogen) atoms. The van der Waals surface area contributed by atoms with Crippen molar-refractivity contribution in [3.8, 4) is 5.75 Å². The van der Waals surface area contributed by atoms with E-state index in [0.717, 1.165) is 23.3 Å². The Labute approximate surface area is 175 Å². The van der Waals surface area contributed by atoms with Gasteiger partial charge in [-0.1, -0.05) is 36.9 Å². The second-order valence-corrected chi connectivity index (χ2v) is 8.43. The summed E-state index contributed by atoms with van der Waals surface area (Å²) in [5.74, 6) is 1.15. The monoisotopic (exact) mass is 412 g/mol. The fourth-order valence-electron chi connectivity index (χ4n) is 3.23. The molecule has 5 nitrogen and oxygen atoms in total. The molecule has 0 amide bonds. The Kier molecular flexibility index (Phi) is 6.98. The number of fused-ring (bicyclic) bond motifs is 1. The fourth-order valence-corrected chi connectivity index (χ4v) is 4.23. The Bertz CT molecular complexity index is 1030. The molecule has 3 aromatic rings. The van der Waals surface area contributed by atoms with E-state index in [9.17, 15) is 9.90 Å². The molecule has 1 heterocycles. The normalized spacial score (nSPS) is 13.4. The molecule has 154 valence electrons. The van der Waals surface area contributed by atoms with Crippen LogP contribution in [0, 0.1) is 13.8 Å². The molecule has 0 fully saturated rings. The Morgan fingerprint density at radius 2 is 1.86 bits per heavy atom. The van der Waals surface area contributed by atoms with Crippen molar-refractivity contribution in [2.75, 3.05) is 12.4 Å². The molecule has 0 bridgehead atoms. The molecule has 6 heteroatoms. The first-order valence-corrected chi connectivity index (χ1v) is 10.9. The zero-order chi connectivity index (χ0) is 21.0. The maximum absolute atomic E-state index is 13.0. The molecule has 0 unspecified atom stereocenters. The van der Waals surface area contributed by atoms with Crippen molar-refractivity contribution in [1.29, 1.82) is 0 Å². The van der Waals surface area contributed by atoms with Gasteiger partial charge in [0.05, 0.1) is 17.0 Å². The molecule has 3 rings (SSSR count). The summed E-state index contributed by atoms with van der Waals surface area (Å²) < 4.78 is 7.50. The van der Waals surface area contributed by atoms with Gasteiger partial charge in [0.2, 0.25) is 0 Å². The van der Waals surface area contributed by atoms with Crippen LogP contribution in [0.4, 0.5) is 0 Å². The highest BCUT2D eigenvalue weighted by Crippen LogP contribution is 2.23. The van der Waals surface area contributed by atoms with E-state index in [4.69, 9.17) is 9.72 Å². The Balaban J connectivity index is 1.74. The van der Waals surface area contributed by atoms with Gasteiger partial charge < -0.3 is 9.84 Å². The number of aliphatic hydroxyl groups is 1. The smallest absolute Gasteiger partial charge is 0.262 e. The molecule has 0 aliphatic rings. The van der Waals surface area contributed by atoms with E-state index in [1.807, 2.05) is 64.1 Å². The highest BCUT2D eigenvalue weighted by molar-refractivity contribution is 7.99. The number of para-hydroxylation sites is 1. The standard InChI is InChI=1S/C23H28N2O3S/c1-5-17(4)25-22(27)20-8-6-7-9-21(20)24-23(25)29-14-18(26)13-28-19-11-15(2)10-16(3)12-19/h6-12,17-18,26H,5,13-14H2,1-4H3/t17-,18-/m1/s1. The fraction of sp³-hybridized carbons (Fsp3) is 0.391. The van der Waals surface area contributed by atoms with Crippen LogP contribution in [-0.2, 0) is 0 Å². The van der Waals surface area contributed by atoms with E-state index >= 15 is 0 Å². The summed E-state index contributed by atoms with van der Waals surface area (Å²) in [6.07, 6.45) is 0.154. The number of nitrogens with zero attached hydrogens (tertiary/aromatic N) is 2. The lowest BCUT2D eigenvalue weighted by atomic mass is 10.1. The molecule has 0 saturated heterocycles. The first-order valence-electron chi connectivity index (χ1n) is 9.92. The van der Waals surface area contributed by atoms with Crippen LogP contribution in [0.3, 0.4) is 0 Å². The summed E-state index contributed by atoms with van der Waals surface area (Å²) in [5, 5.41) is 11.7. The summed E-state index contributed by atoms with van der Waals surface area (Å²) in [7, 11) is 0. The number of hydrogen-bond donors (Lipinski definition) is 1. The lowest BCUT2D eigenvalue weighted by Crippen LogP contribution is -2.27. The topological polar surface area (TPSA) is 64.3 Å². The first-order chi connectivity index (χ1) is 13.9. The zero-order valence-electron chi connectivity index (χ0n) is 17.4. The van der Waals surface area contributed by atoms with Crippen LogP contribution in [0.2, 0.25) is 0 Å². The van der Waals surface area contributed by atoms with Gasteiger partial charge in [-0.3, -0.25) is 9.36 Å². The van der Waals surface area contributed by atoms with Crippen molar-refractivity contribution >= 4 is 22.7 Å². The van der Waals surface area contributed by atoms with Crippen LogP contribution in [0.5, 0.6) is 5.75 Å². The van der Waals surface area contributed by atoms with Gasteiger partial charge in [0, 0.05) is 11.8 Å². The lowest BCUT2D eigenvalue weighted by Gasteiger charge is -2.19. The second kappa shape index (κ2) is 9.46. The van der Waals surface area contributed by atoms with Gasteiger partial charge in [0.15, 0.2) is 5.16 Å². The Morgan fingerprint density at radius 3 is 2.55 bits per heavy atom. The maximum atomic E-state index is 13.0. The quantitative estimate of drug-likeness (QED) is 0.435. The van der Waals surface area contributed by atoms with Gasteiger partial charge in [0.25, 0.3) is 5.56 Å². The average molecular weight is 413 g/mol. The minimum atomic E-state index is -0.672. The van der Waals surface area contributed by atoms with E-state index in [1.54, 1.807) is 4.57 Å². The Hall–Kier alpha value is -2.31. The molecule has 0 saturated carbocycles. The molecule has 0 aliphatic carbocycles. The molecular formula is C23H28N2O3S. The van der Waals surface area contributed by atoms with Crippen molar-refractivity contribution in [3.05, 3.63) is 63.9 Å². The van der Waals surface area contributed by atoms with Gasteiger partial charge >= 0.3 is 0 Å². The SMILES string of the molecule is CC[C@@H](C)n1c(SC[C@H](O)COc2cc(C)cc(C)c2)nc2ccccc2c1=O. The number of rotatable bonds is 8. The second-order valence-electron chi connectivity index (χ2n) is 7.44. The molecule has 1 N–H and O–H groups in total. The van der Waals surface area contributed by atoms with Gasteiger partial charge in [0.1, 0.15) is 12.4 Å². The summed E-state index contributed by atoms with van der Waals surface area (Å²) in [6, 6.07) is 13.4. The van der Waals surface area contributed by atoms with E-state index in [-0.39, 0.29) is 18.2 Å². The molecule has 2 aromatic carbocycles. The summed E-state index contributed by atoms with van der Waals surface area (Å²) in [5.41, 5.74) is 2.90. The van der Waals surface area contributed by atoms with Gasteiger partial charge in [-0.25, -0.2) is 4.98 Å². The molecule has 0 aliphatic heterocycles. The van der Waals surface area contributed by atoms with Crippen LogP contribution >= 0.6 is 11.8 Å². The molecule has 0 spiro atoms.